The van der Waals surface area contributed by atoms with Gasteiger partial charge >= 0.3 is 0 Å². The zero-order valence-corrected chi connectivity index (χ0v) is 17.5. The van der Waals surface area contributed by atoms with E-state index in [1.807, 2.05) is 25.1 Å². The van der Waals surface area contributed by atoms with Gasteiger partial charge in [-0.15, -0.1) is 0 Å². The topological polar surface area (TPSA) is 12.4 Å². The Balaban J connectivity index is 1.80. The molecule has 0 N–H and O–H groups in total. The van der Waals surface area contributed by atoms with Crippen molar-refractivity contribution in [3.63, 3.8) is 0 Å². The molecular formula is C25H20ClNS. The Labute approximate surface area is 177 Å². The molecule has 0 saturated heterocycles. The third kappa shape index (κ3) is 4.97. The smallest absolute Gasteiger partial charge is 0.0955 e. The lowest BCUT2D eigenvalue weighted by Crippen LogP contribution is -1.84. The van der Waals surface area contributed by atoms with Crippen LogP contribution in [0.25, 0.3) is 11.1 Å². The van der Waals surface area contributed by atoms with E-state index in [1.54, 1.807) is 0 Å². The summed E-state index contributed by atoms with van der Waals surface area (Å²) in [6.45, 7) is 4.15. The van der Waals surface area contributed by atoms with E-state index in [4.69, 9.17) is 11.6 Å². The van der Waals surface area contributed by atoms with Gasteiger partial charge in [0.1, 0.15) is 0 Å². The van der Waals surface area contributed by atoms with Crippen LogP contribution >= 0.6 is 23.8 Å². The van der Waals surface area contributed by atoms with Crippen molar-refractivity contribution in [2.24, 2.45) is 4.99 Å². The number of thiocarbonyl (C=S) groups is 1. The molecule has 3 aromatic rings. The number of rotatable bonds is 4. The summed E-state index contributed by atoms with van der Waals surface area (Å²) in [5.41, 5.74) is 7.12. The Kier molecular flexibility index (Phi) is 6.80. The highest BCUT2D eigenvalue weighted by molar-refractivity contribution is 7.78. The van der Waals surface area contributed by atoms with Crippen molar-refractivity contribution < 1.29 is 0 Å². The predicted molar refractivity (Wildman–Crippen MR) is 123 cm³/mol. The second-order valence-corrected chi connectivity index (χ2v) is 7.19. The van der Waals surface area contributed by atoms with Crippen LogP contribution in [0.3, 0.4) is 0 Å². The van der Waals surface area contributed by atoms with Crippen molar-refractivity contribution in [3.8, 4) is 23.0 Å². The van der Waals surface area contributed by atoms with Crippen molar-refractivity contribution in [2.75, 3.05) is 0 Å². The number of hydrogen-bond donors (Lipinski definition) is 0. The van der Waals surface area contributed by atoms with Crippen LogP contribution in [0.1, 0.15) is 35.6 Å². The fourth-order valence-corrected chi connectivity index (χ4v) is 3.42. The zero-order chi connectivity index (χ0) is 19.9. The van der Waals surface area contributed by atoms with Gasteiger partial charge in [-0.3, -0.25) is 0 Å². The average molecular weight is 402 g/mol. The number of aryl methyl sites for hydroxylation is 2. The van der Waals surface area contributed by atoms with Crippen LogP contribution in [0.5, 0.6) is 0 Å². The average Bonchev–Trinajstić information content (AvgIpc) is 2.71. The van der Waals surface area contributed by atoms with Crippen LogP contribution < -0.4 is 0 Å². The molecule has 0 atom stereocenters. The van der Waals surface area contributed by atoms with E-state index in [2.05, 4.69) is 83.6 Å². The van der Waals surface area contributed by atoms with Crippen LogP contribution in [0.2, 0.25) is 5.02 Å². The van der Waals surface area contributed by atoms with Crippen LogP contribution in [-0.4, -0.2) is 5.16 Å². The molecular weight excluding hydrogens is 382 g/mol. The van der Waals surface area contributed by atoms with Gasteiger partial charge in [0.2, 0.25) is 0 Å². The molecule has 0 saturated carbocycles. The van der Waals surface area contributed by atoms with Crippen LogP contribution in [0, 0.1) is 18.8 Å². The second-order valence-electron chi connectivity index (χ2n) is 6.60. The van der Waals surface area contributed by atoms with Crippen molar-refractivity contribution in [1.29, 1.82) is 0 Å². The number of isothiocyanates is 1. The minimum Gasteiger partial charge on any atom is -0.193 e. The molecule has 3 heteroatoms. The van der Waals surface area contributed by atoms with Gasteiger partial charge in [0.15, 0.2) is 0 Å². The first-order valence-electron chi connectivity index (χ1n) is 9.20. The molecule has 0 heterocycles. The minimum absolute atomic E-state index is 0.572. The predicted octanol–water partition coefficient (Wildman–Crippen LogP) is 7.40. The first-order valence-corrected chi connectivity index (χ1v) is 9.98. The maximum absolute atomic E-state index is 6.34. The zero-order valence-electron chi connectivity index (χ0n) is 15.9. The van der Waals surface area contributed by atoms with Gasteiger partial charge in [0.25, 0.3) is 0 Å². The maximum atomic E-state index is 6.34. The summed E-state index contributed by atoms with van der Waals surface area (Å²) in [6, 6.07) is 20.6. The van der Waals surface area contributed by atoms with E-state index < -0.39 is 0 Å². The number of nitrogens with zero attached hydrogens (tertiary/aromatic N) is 1. The standard InChI is InChI=1S/C25H20ClNS/c1-3-4-19-5-7-20(8-6-19)9-10-21-11-13-22(14-12-21)23-15-18(2)25(27-17-28)24(26)16-23/h5-8,11-16H,3-4H2,1-2H3. The molecule has 3 rings (SSSR count). The third-order valence-corrected chi connectivity index (χ3v) is 4.85. The Hall–Kier alpha value is -2.69. The number of aliphatic imine (C=N–C) groups is 1. The Morgan fingerprint density at radius 3 is 2.04 bits per heavy atom. The fourth-order valence-electron chi connectivity index (χ4n) is 3.02. The summed E-state index contributed by atoms with van der Waals surface area (Å²) in [6.07, 6.45) is 2.27. The van der Waals surface area contributed by atoms with E-state index in [0.717, 1.165) is 40.7 Å². The van der Waals surface area contributed by atoms with Crippen molar-refractivity contribution >= 4 is 34.7 Å². The van der Waals surface area contributed by atoms with Gasteiger partial charge < -0.3 is 0 Å². The maximum Gasteiger partial charge on any atom is 0.0955 e. The summed E-state index contributed by atoms with van der Waals surface area (Å²) < 4.78 is 0. The van der Waals surface area contributed by atoms with Crippen molar-refractivity contribution in [2.45, 2.75) is 26.7 Å². The molecule has 0 aliphatic rings. The first kappa shape index (κ1) is 20.1. The van der Waals surface area contributed by atoms with E-state index in [0.29, 0.717) is 10.7 Å². The number of halogens is 1. The van der Waals surface area contributed by atoms with Crippen molar-refractivity contribution in [1.82, 2.24) is 0 Å². The highest BCUT2D eigenvalue weighted by Crippen LogP contribution is 2.34. The normalized spacial score (nSPS) is 9.96. The van der Waals surface area contributed by atoms with E-state index in [1.165, 1.54) is 5.56 Å². The van der Waals surface area contributed by atoms with Gasteiger partial charge in [0.05, 0.1) is 15.9 Å². The Morgan fingerprint density at radius 1 is 0.893 bits per heavy atom. The van der Waals surface area contributed by atoms with Gasteiger partial charge in [-0.2, -0.15) is 4.99 Å². The van der Waals surface area contributed by atoms with Crippen LogP contribution in [0.15, 0.2) is 65.7 Å². The molecule has 0 spiro atoms. The van der Waals surface area contributed by atoms with E-state index in [-0.39, 0.29) is 0 Å². The summed E-state index contributed by atoms with van der Waals surface area (Å²) in [7, 11) is 0. The lowest BCUT2D eigenvalue weighted by atomic mass is 10.0. The molecule has 0 aromatic heterocycles. The summed E-state index contributed by atoms with van der Waals surface area (Å²) in [4.78, 5) is 4.04. The number of hydrogen-bond acceptors (Lipinski definition) is 2. The summed E-state index contributed by atoms with van der Waals surface area (Å²) >= 11 is 11.0. The highest BCUT2D eigenvalue weighted by Gasteiger charge is 2.07. The molecule has 0 aliphatic heterocycles. The lowest BCUT2D eigenvalue weighted by molar-refractivity contribution is 0.922. The SMILES string of the molecule is CCCc1ccc(C#Cc2ccc(-c3cc(C)c(N=C=S)c(Cl)c3)cc2)cc1. The van der Waals surface area contributed by atoms with Gasteiger partial charge in [0, 0.05) is 11.1 Å². The molecule has 1 nitrogen and oxygen atoms in total. The molecule has 0 unspecified atom stereocenters. The Bertz CT molecular complexity index is 1060. The molecule has 138 valence electrons. The second kappa shape index (κ2) is 9.49. The molecule has 0 radical (unpaired) electrons. The molecule has 0 aliphatic carbocycles. The minimum atomic E-state index is 0.572. The van der Waals surface area contributed by atoms with E-state index >= 15 is 0 Å². The van der Waals surface area contributed by atoms with Gasteiger partial charge in [-0.05, 0) is 84.2 Å². The monoisotopic (exact) mass is 401 g/mol. The molecule has 3 aromatic carbocycles. The molecule has 28 heavy (non-hydrogen) atoms. The fraction of sp³-hybridized carbons (Fsp3) is 0.160. The first-order chi connectivity index (χ1) is 13.6. The lowest BCUT2D eigenvalue weighted by Gasteiger charge is -2.07. The quantitative estimate of drug-likeness (QED) is 0.252. The van der Waals surface area contributed by atoms with Gasteiger partial charge in [-0.25, -0.2) is 0 Å². The van der Waals surface area contributed by atoms with Crippen LogP contribution in [-0.2, 0) is 6.42 Å². The molecule has 0 amide bonds. The van der Waals surface area contributed by atoms with Gasteiger partial charge in [-0.1, -0.05) is 61.1 Å². The molecule has 0 bridgehead atoms. The number of benzene rings is 3. The highest BCUT2D eigenvalue weighted by atomic mass is 35.5. The van der Waals surface area contributed by atoms with E-state index in [9.17, 15) is 0 Å². The Morgan fingerprint density at radius 2 is 1.50 bits per heavy atom. The summed E-state index contributed by atoms with van der Waals surface area (Å²) in [5, 5.41) is 2.95. The third-order valence-electron chi connectivity index (χ3n) is 4.47. The summed E-state index contributed by atoms with van der Waals surface area (Å²) in [5.74, 6) is 6.46. The van der Waals surface area contributed by atoms with Crippen LogP contribution in [0.4, 0.5) is 5.69 Å². The largest absolute Gasteiger partial charge is 0.193 e. The molecule has 0 fully saturated rings. The van der Waals surface area contributed by atoms with Crippen molar-refractivity contribution in [3.05, 3.63) is 87.9 Å².